The molecule has 1 aromatic heterocycles. The van der Waals surface area contributed by atoms with Gasteiger partial charge < -0.3 is 15.6 Å². The van der Waals surface area contributed by atoms with Crippen molar-refractivity contribution in [3.8, 4) is 0 Å². The number of hydrogen-bond donors (Lipinski definition) is 2. The smallest absolute Gasteiger partial charge is 0.268 e. The first kappa shape index (κ1) is 14.8. The van der Waals surface area contributed by atoms with Crippen LogP contribution in [0, 0.1) is 0 Å². The maximum atomic E-state index is 12.2. The van der Waals surface area contributed by atoms with E-state index in [0.717, 1.165) is 16.6 Å². The van der Waals surface area contributed by atoms with Crippen LogP contribution >= 0.6 is 15.9 Å². The molecule has 0 bridgehead atoms. The minimum Gasteiger partial charge on any atom is -0.349 e. The Balaban J connectivity index is 1.98. The zero-order valence-corrected chi connectivity index (χ0v) is 12.9. The number of aryl methyl sites for hydroxylation is 1. The van der Waals surface area contributed by atoms with Crippen LogP contribution < -0.4 is 11.1 Å². The average molecular weight is 336 g/mol. The molecule has 1 aromatic carbocycles. The van der Waals surface area contributed by atoms with Gasteiger partial charge in [0.15, 0.2) is 0 Å². The lowest BCUT2D eigenvalue weighted by Gasteiger charge is -2.13. The second-order valence-electron chi connectivity index (χ2n) is 4.56. The molecular formula is C15H18BrN3O. The summed E-state index contributed by atoms with van der Waals surface area (Å²) >= 11 is 3.38. The van der Waals surface area contributed by atoms with E-state index in [1.165, 1.54) is 0 Å². The van der Waals surface area contributed by atoms with Crippen LogP contribution in [-0.4, -0.2) is 17.0 Å². The minimum absolute atomic E-state index is 0.107. The van der Waals surface area contributed by atoms with Crippen LogP contribution in [0.1, 0.15) is 29.0 Å². The first-order chi connectivity index (χ1) is 9.61. The Bertz CT molecular complexity index is 580. The van der Waals surface area contributed by atoms with Crippen molar-refractivity contribution in [2.75, 3.05) is 6.54 Å². The minimum atomic E-state index is -0.200. The van der Waals surface area contributed by atoms with Gasteiger partial charge in [0.25, 0.3) is 5.91 Å². The molecule has 0 saturated carbocycles. The molecule has 1 heterocycles. The highest BCUT2D eigenvalue weighted by atomic mass is 79.9. The number of nitrogens with two attached hydrogens (primary N) is 1. The van der Waals surface area contributed by atoms with E-state index < -0.39 is 0 Å². The van der Waals surface area contributed by atoms with Gasteiger partial charge in [-0.25, -0.2) is 0 Å². The second-order valence-corrected chi connectivity index (χ2v) is 5.47. The molecular weight excluding hydrogens is 318 g/mol. The number of aromatic nitrogens is 1. The van der Waals surface area contributed by atoms with Crippen molar-refractivity contribution in [2.24, 2.45) is 5.73 Å². The van der Waals surface area contributed by atoms with Gasteiger partial charge >= 0.3 is 0 Å². The SMILES string of the molecule is CCn1cc(Br)cc1C(=O)NCC(N)c1ccccc1. The third kappa shape index (κ3) is 3.49. The van der Waals surface area contributed by atoms with Crippen molar-refractivity contribution in [1.82, 2.24) is 9.88 Å². The van der Waals surface area contributed by atoms with Crippen molar-refractivity contribution in [3.05, 3.63) is 58.3 Å². The first-order valence-electron chi connectivity index (χ1n) is 6.56. The monoisotopic (exact) mass is 335 g/mol. The molecule has 5 heteroatoms. The Kier molecular flexibility index (Phi) is 4.98. The van der Waals surface area contributed by atoms with E-state index in [1.807, 2.05) is 54.1 Å². The van der Waals surface area contributed by atoms with Gasteiger partial charge in [-0.15, -0.1) is 0 Å². The van der Waals surface area contributed by atoms with E-state index in [2.05, 4.69) is 21.2 Å². The van der Waals surface area contributed by atoms with E-state index >= 15 is 0 Å². The molecule has 0 fully saturated rings. The number of carbonyl (C=O) groups excluding carboxylic acids is 1. The van der Waals surface area contributed by atoms with Crippen LogP contribution in [0.4, 0.5) is 0 Å². The van der Waals surface area contributed by atoms with E-state index in [4.69, 9.17) is 5.73 Å². The van der Waals surface area contributed by atoms with Crippen molar-refractivity contribution >= 4 is 21.8 Å². The Labute approximate surface area is 127 Å². The molecule has 3 N–H and O–H groups in total. The molecule has 20 heavy (non-hydrogen) atoms. The van der Waals surface area contributed by atoms with Gasteiger partial charge in [0, 0.05) is 29.8 Å². The molecule has 2 aromatic rings. The van der Waals surface area contributed by atoms with Gasteiger partial charge in [0.05, 0.1) is 0 Å². The van der Waals surface area contributed by atoms with Crippen molar-refractivity contribution in [2.45, 2.75) is 19.5 Å². The van der Waals surface area contributed by atoms with Crippen LogP contribution in [-0.2, 0) is 6.54 Å². The summed E-state index contributed by atoms with van der Waals surface area (Å²) in [5.41, 5.74) is 7.72. The lowest BCUT2D eigenvalue weighted by atomic mass is 10.1. The fourth-order valence-electron chi connectivity index (χ4n) is 2.04. The predicted octanol–water partition coefficient (Wildman–Crippen LogP) is 2.70. The lowest BCUT2D eigenvalue weighted by molar-refractivity contribution is 0.0942. The van der Waals surface area contributed by atoms with Crippen LogP contribution in [0.25, 0.3) is 0 Å². The fourth-order valence-corrected chi connectivity index (χ4v) is 2.50. The van der Waals surface area contributed by atoms with Crippen LogP contribution in [0.15, 0.2) is 47.1 Å². The molecule has 0 aliphatic heterocycles. The van der Waals surface area contributed by atoms with Gasteiger partial charge in [0.1, 0.15) is 5.69 Å². The molecule has 4 nitrogen and oxygen atoms in total. The maximum Gasteiger partial charge on any atom is 0.268 e. The highest BCUT2D eigenvalue weighted by molar-refractivity contribution is 9.10. The summed E-state index contributed by atoms with van der Waals surface area (Å²) in [7, 11) is 0. The molecule has 1 amide bonds. The molecule has 0 spiro atoms. The number of nitrogens with zero attached hydrogens (tertiary/aromatic N) is 1. The lowest BCUT2D eigenvalue weighted by Crippen LogP contribution is -2.33. The van der Waals surface area contributed by atoms with E-state index in [9.17, 15) is 4.79 Å². The normalized spacial score (nSPS) is 12.2. The van der Waals surface area contributed by atoms with Gasteiger partial charge in [-0.1, -0.05) is 30.3 Å². The Morgan fingerprint density at radius 2 is 2.10 bits per heavy atom. The molecule has 2 rings (SSSR count). The highest BCUT2D eigenvalue weighted by Crippen LogP contribution is 2.15. The van der Waals surface area contributed by atoms with Crippen LogP contribution in [0.2, 0.25) is 0 Å². The third-order valence-electron chi connectivity index (χ3n) is 3.15. The molecule has 106 valence electrons. The summed E-state index contributed by atoms with van der Waals surface area (Å²) in [4.78, 5) is 12.2. The number of carbonyl (C=O) groups is 1. The number of rotatable bonds is 5. The topological polar surface area (TPSA) is 60.0 Å². The summed E-state index contributed by atoms with van der Waals surface area (Å²) < 4.78 is 2.80. The Morgan fingerprint density at radius 1 is 1.40 bits per heavy atom. The number of benzene rings is 1. The summed E-state index contributed by atoms with van der Waals surface area (Å²) in [5, 5.41) is 2.88. The number of halogens is 1. The zero-order chi connectivity index (χ0) is 14.5. The van der Waals surface area contributed by atoms with E-state index in [1.54, 1.807) is 0 Å². The fraction of sp³-hybridized carbons (Fsp3) is 0.267. The molecule has 0 aliphatic carbocycles. The van der Waals surface area contributed by atoms with Gasteiger partial charge in [0.2, 0.25) is 0 Å². The van der Waals surface area contributed by atoms with E-state index in [-0.39, 0.29) is 11.9 Å². The van der Waals surface area contributed by atoms with Crippen molar-refractivity contribution in [1.29, 1.82) is 0 Å². The van der Waals surface area contributed by atoms with Crippen molar-refractivity contribution in [3.63, 3.8) is 0 Å². The number of hydrogen-bond acceptors (Lipinski definition) is 2. The standard InChI is InChI=1S/C15H18BrN3O/c1-2-19-10-12(16)8-14(19)15(20)18-9-13(17)11-6-4-3-5-7-11/h3-8,10,13H,2,9,17H2,1H3,(H,18,20). The van der Waals surface area contributed by atoms with Gasteiger partial charge in [-0.05, 0) is 34.5 Å². The first-order valence-corrected chi connectivity index (χ1v) is 7.35. The van der Waals surface area contributed by atoms with E-state index in [0.29, 0.717) is 12.2 Å². The molecule has 1 atom stereocenters. The molecule has 1 unspecified atom stereocenters. The highest BCUT2D eigenvalue weighted by Gasteiger charge is 2.13. The quantitative estimate of drug-likeness (QED) is 0.882. The van der Waals surface area contributed by atoms with Gasteiger partial charge in [-0.3, -0.25) is 4.79 Å². The Hall–Kier alpha value is -1.59. The second kappa shape index (κ2) is 6.72. The van der Waals surface area contributed by atoms with Crippen molar-refractivity contribution < 1.29 is 4.79 Å². The summed E-state index contributed by atoms with van der Waals surface area (Å²) in [6.07, 6.45) is 1.89. The molecule has 0 aliphatic rings. The predicted molar refractivity (Wildman–Crippen MR) is 83.5 cm³/mol. The summed E-state index contributed by atoms with van der Waals surface area (Å²) in [5.74, 6) is -0.107. The molecule has 0 radical (unpaired) electrons. The summed E-state index contributed by atoms with van der Waals surface area (Å²) in [6, 6.07) is 11.4. The third-order valence-corrected chi connectivity index (χ3v) is 3.58. The van der Waals surface area contributed by atoms with Crippen LogP contribution in [0.5, 0.6) is 0 Å². The average Bonchev–Trinajstić information content (AvgIpc) is 2.86. The maximum absolute atomic E-state index is 12.2. The summed E-state index contributed by atoms with van der Waals surface area (Å²) in [6.45, 7) is 3.16. The zero-order valence-electron chi connectivity index (χ0n) is 11.3. The van der Waals surface area contributed by atoms with Gasteiger partial charge in [-0.2, -0.15) is 0 Å². The molecule has 0 saturated heterocycles. The number of nitrogens with one attached hydrogen (secondary N) is 1. The largest absolute Gasteiger partial charge is 0.349 e. The number of amides is 1. The van der Waals surface area contributed by atoms with Crippen LogP contribution in [0.3, 0.4) is 0 Å². The Morgan fingerprint density at radius 3 is 2.75 bits per heavy atom.